The zero-order valence-electron chi connectivity index (χ0n) is 12.2. The molecular formula is C13H25N3O2. The molecule has 0 saturated carbocycles. The summed E-state index contributed by atoms with van der Waals surface area (Å²) >= 11 is 0. The monoisotopic (exact) mass is 255 g/mol. The fraction of sp³-hybridized carbons (Fsp3) is 0.846. The van der Waals surface area contributed by atoms with Gasteiger partial charge < -0.3 is 14.5 Å². The van der Waals surface area contributed by atoms with Crippen LogP contribution in [0, 0.1) is 0 Å². The van der Waals surface area contributed by atoms with Crippen LogP contribution in [0.3, 0.4) is 0 Å². The summed E-state index contributed by atoms with van der Waals surface area (Å²) in [5, 5.41) is 0. The van der Waals surface area contributed by atoms with E-state index >= 15 is 0 Å². The van der Waals surface area contributed by atoms with Crippen LogP contribution < -0.4 is 0 Å². The Morgan fingerprint density at radius 2 is 1.72 bits per heavy atom. The molecule has 1 aliphatic heterocycles. The smallest absolute Gasteiger partial charge is 0.328 e. The number of nitrogens with zero attached hydrogens (tertiary/aromatic N) is 3. The van der Waals surface area contributed by atoms with Gasteiger partial charge in [-0.15, -0.1) is 0 Å². The standard InChI is InChI=1S/C13H25N3O2/c1-6-15-8-9-16(7-2)12(15)14-10-11(17)18-13(3,4)5/h6-10H2,1-5H3. The van der Waals surface area contributed by atoms with Gasteiger partial charge in [-0.1, -0.05) is 0 Å². The molecule has 0 aromatic carbocycles. The third-order valence-corrected chi connectivity index (χ3v) is 2.74. The van der Waals surface area contributed by atoms with E-state index in [1.807, 2.05) is 20.8 Å². The zero-order chi connectivity index (χ0) is 13.8. The number of aliphatic imine (C=N–C) groups is 1. The normalized spacial score (nSPS) is 16.2. The van der Waals surface area contributed by atoms with Crippen molar-refractivity contribution in [3.63, 3.8) is 0 Å². The fourth-order valence-corrected chi connectivity index (χ4v) is 1.95. The Morgan fingerprint density at radius 1 is 1.22 bits per heavy atom. The molecule has 1 saturated heterocycles. The van der Waals surface area contributed by atoms with E-state index in [1.54, 1.807) is 0 Å². The minimum Gasteiger partial charge on any atom is -0.459 e. The van der Waals surface area contributed by atoms with Crippen molar-refractivity contribution in [3.05, 3.63) is 0 Å². The Kier molecular flexibility index (Phi) is 4.99. The second-order valence-electron chi connectivity index (χ2n) is 5.36. The third-order valence-electron chi connectivity index (χ3n) is 2.74. The summed E-state index contributed by atoms with van der Waals surface area (Å²) in [6.07, 6.45) is 0. The van der Waals surface area contributed by atoms with Crippen molar-refractivity contribution >= 4 is 11.9 Å². The molecule has 5 heteroatoms. The molecule has 0 N–H and O–H groups in total. The van der Waals surface area contributed by atoms with E-state index < -0.39 is 5.60 Å². The predicted molar refractivity (Wildman–Crippen MR) is 72.6 cm³/mol. The quantitative estimate of drug-likeness (QED) is 0.711. The largest absolute Gasteiger partial charge is 0.459 e. The van der Waals surface area contributed by atoms with Gasteiger partial charge in [0, 0.05) is 26.2 Å². The highest BCUT2D eigenvalue weighted by atomic mass is 16.6. The molecule has 0 aliphatic carbocycles. The molecule has 18 heavy (non-hydrogen) atoms. The number of rotatable bonds is 4. The third kappa shape index (κ3) is 4.20. The molecule has 0 atom stereocenters. The van der Waals surface area contributed by atoms with Crippen LogP contribution in [0.5, 0.6) is 0 Å². The van der Waals surface area contributed by atoms with E-state index in [-0.39, 0.29) is 12.5 Å². The van der Waals surface area contributed by atoms with E-state index in [0.29, 0.717) is 0 Å². The maximum atomic E-state index is 11.6. The van der Waals surface area contributed by atoms with Crippen LogP contribution in [0.2, 0.25) is 0 Å². The van der Waals surface area contributed by atoms with Gasteiger partial charge in [0.05, 0.1) is 0 Å². The average Bonchev–Trinajstić information content (AvgIpc) is 2.65. The number of hydrogen-bond acceptors (Lipinski definition) is 3. The lowest BCUT2D eigenvalue weighted by atomic mass is 10.2. The van der Waals surface area contributed by atoms with E-state index in [0.717, 1.165) is 32.1 Å². The number of likely N-dealkylation sites (N-methyl/N-ethyl adjacent to an activating group) is 2. The zero-order valence-corrected chi connectivity index (χ0v) is 12.2. The van der Waals surface area contributed by atoms with Crippen molar-refractivity contribution in [2.45, 2.75) is 40.2 Å². The number of hydrogen-bond donors (Lipinski definition) is 0. The molecule has 1 aliphatic rings. The molecule has 0 spiro atoms. The summed E-state index contributed by atoms with van der Waals surface area (Å²) in [7, 11) is 0. The molecule has 5 nitrogen and oxygen atoms in total. The molecule has 1 fully saturated rings. The summed E-state index contributed by atoms with van der Waals surface area (Å²) in [6, 6.07) is 0. The van der Waals surface area contributed by atoms with Gasteiger partial charge in [-0.2, -0.15) is 0 Å². The summed E-state index contributed by atoms with van der Waals surface area (Å²) < 4.78 is 5.25. The van der Waals surface area contributed by atoms with Crippen LogP contribution in [0.15, 0.2) is 4.99 Å². The number of carbonyl (C=O) groups excluding carboxylic acids is 1. The minimum absolute atomic E-state index is 0.0968. The van der Waals surface area contributed by atoms with Gasteiger partial charge in [0.2, 0.25) is 0 Å². The van der Waals surface area contributed by atoms with Gasteiger partial charge in [0.15, 0.2) is 5.96 Å². The first kappa shape index (κ1) is 14.8. The molecule has 0 amide bonds. The Balaban J connectivity index is 2.61. The van der Waals surface area contributed by atoms with E-state index in [2.05, 4.69) is 28.6 Å². The SMILES string of the molecule is CCN1CCN(CC)C1=NCC(=O)OC(C)(C)C. The molecule has 0 aromatic rings. The van der Waals surface area contributed by atoms with Crippen molar-refractivity contribution in [2.75, 3.05) is 32.7 Å². The Morgan fingerprint density at radius 3 is 2.11 bits per heavy atom. The first-order valence-corrected chi connectivity index (χ1v) is 6.63. The van der Waals surface area contributed by atoms with E-state index in [1.165, 1.54) is 0 Å². The highest BCUT2D eigenvalue weighted by molar-refractivity contribution is 5.84. The fourth-order valence-electron chi connectivity index (χ4n) is 1.95. The lowest BCUT2D eigenvalue weighted by molar-refractivity contribution is -0.152. The molecule has 1 rings (SSSR count). The van der Waals surface area contributed by atoms with Crippen LogP contribution in [-0.4, -0.2) is 60.1 Å². The van der Waals surface area contributed by atoms with Gasteiger partial charge in [-0.05, 0) is 34.6 Å². The molecule has 0 aromatic heterocycles. The van der Waals surface area contributed by atoms with E-state index in [9.17, 15) is 4.79 Å². The van der Waals surface area contributed by atoms with Gasteiger partial charge in [-0.3, -0.25) is 4.79 Å². The second kappa shape index (κ2) is 6.07. The van der Waals surface area contributed by atoms with Crippen molar-refractivity contribution in [2.24, 2.45) is 4.99 Å². The van der Waals surface area contributed by atoms with Gasteiger partial charge in [-0.25, -0.2) is 4.99 Å². The van der Waals surface area contributed by atoms with Crippen LogP contribution in [0.25, 0.3) is 0 Å². The number of carbonyl (C=O) groups is 1. The minimum atomic E-state index is -0.443. The lowest BCUT2D eigenvalue weighted by Crippen LogP contribution is -2.34. The second-order valence-corrected chi connectivity index (χ2v) is 5.36. The maximum absolute atomic E-state index is 11.6. The van der Waals surface area contributed by atoms with Crippen molar-refractivity contribution in [1.82, 2.24) is 9.80 Å². The molecule has 1 heterocycles. The van der Waals surface area contributed by atoms with Gasteiger partial charge >= 0.3 is 5.97 Å². The number of guanidine groups is 1. The molecule has 0 unspecified atom stereocenters. The first-order chi connectivity index (χ1) is 8.37. The van der Waals surface area contributed by atoms with Crippen LogP contribution in [-0.2, 0) is 9.53 Å². The van der Waals surface area contributed by atoms with Crippen molar-refractivity contribution in [1.29, 1.82) is 0 Å². The Labute approximate surface area is 110 Å². The topological polar surface area (TPSA) is 45.1 Å². The number of esters is 1. The van der Waals surface area contributed by atoms with Crippen molar-refractivity contribution in [3.8, 4) is 0 Å². The molecule has 104 valence electrons. The lowest BCUT2D eigenvalue weighted by Gasteiger charge is -2.22. The summed E-state index contributed by atoms with van der Waals surface area (Å²) in [5.74, 6) is 0.653. The van der Waals surface area contributed by atoms with Crippen molar-refractivity contribution < 1.29 is 9.53 Å². The predicted octanol–water partition coefficient (Wildman–Crippen LogP) is 1.34. The summed E-state index contributed by atoms with van der Waals surface area (Å²) in [4.78, 5) is 20.4. The van der Waals surface area contributed by atoms with Crippen LogP contribution in [0.4, 0.5) is 0 Å². The average molecular weight is 255 g/mol. The molecule has 0 radical (unpaired) electrons. The van der Waals surface area contributed by atoms with Gasteiger partial charge in [0.1, 0.15) is 12.1 Å². The van der Waals surface area contributed by atoms with Crippen LogP contribution in [0.1, 0.15) is 34.6 Å². The Bertz CT molecular complexity index is 307. The Hall–Kier alpha value is -1.26. The van der Waals surface area contributed by atoms with Gasteiger partial charge in [0.25, 0.3) is 0 Å². The highest BCUT2D eigenvalue weighted by Crippen LogP contribution is 2.10. The highest BCUT2D eigenvalue weighted by Gasteiger charge is 2.24. The van der Waals surface area contributed by atoms with E-state index in [4.69, 9.17) is 4.74 Å². The molecular weight excluding hydrogens is 230 g/mol. The maximum Gasteiger partial charge on any atom is 0.328 e. The number of ether oxygens (including phenoxy) is 1. The molecule has 0 bridgehead atoms. The van der Waals surface area contributed by atoms with Crippen LogP contribution >= 0.6 is 0 Å². The first-order valence-electron chi connectivity index (χ1n) is 6.63. The summed E-state index contributed by atoms with van der Waals surface area (Å²) in [5.41, 5.74) is -0.443. The summed E-state index contributed by atoms with van der Waals surface area (Å²) in [6.45, 7) is 13.7.